The Bertz CT molecular complexity index is 900. The van der Waals surface area contributed by atoms with Gasteiger partial charge < -0.3 is 10.2 Å². The molecule has 158 valence electrons. The Kier molecular flexibility index (Phi) is 6.43. The predicted molar refractivity (Wildman–Crippen MR) is 114 cm³/mol. The topological polar surface area (TPSA) is 52.7 Å². The first kappa shape index (κ1) is 20.5. The lowest BCUT2D eigenvalue weighted by atomic mass is 9.89. The standard InChI is InChI=1S/C24H28FN3O2/c25-21-9-6-18(7-10-21)17-27-12-3-13-28(15-14-27)23(29)11-8-20-16-19-4-1-2-5-22(19)26-24(20)30/h1-2,4-7,9-10,20H,3,8,11-17H2,(H,26,30). The second-order valence-corrected chi connectivity index (χ2v) is 8.22. The predicted octanol–water partition coefficient (Wildman–Crippen LogP) is 3.45. The minimum absolute atomic E-state index is 0.0165. The average molecular weight is 410 g/mol. The molecule has 1 fully saturated rings. The van der Waals surface area contributed by atoms with Crippen molar-refractivity contribution in [2.24, 2.45) is 5.92 Å². The third kappa shape index (κ3) is 5.05. The van der Waals surface area contributed by atoms with Gasteiger partial charge in [-0.3, -0.25) is 14.5 Å². The summed E-state index contributed by atoms with van der Waals surface area (Å²) in [5.74, 6) is -0.222. The molecule has 2 aromatic rings. The fourth-order valence-electron chi connectivity index (χ4n) is 4.33. The maximum atomic E-state index is 13.1. The molecular weight excluding hydrogens is 381 g/mol. The summed E-state index contributed by atoms with van der Waals surface area (Å²) >= 11 is 0. The molecule has 30 heavy (non-hydrogen) atoms. The first-order valence-corrected chi connectivity index (χ1v) is 10.7. The Labute approximate surface area is 176 Å². The van der Waals surface area contributed by atoms with E-state index < -0.39 is 0 Å². The molecule has 0 bridgehead atoms. The Hall–Kier alpha value is -2.73. The lowest BCUT2D eigenvalue weighted by Crippen LogP contribution is -2.36. The number of anilines is 1. The summed E-state index contributed by atoms with van der Waals surface area (Å²) in [6.45, 7) is 3.94. The molecule has 4 rings (SSSR count). The Morgan fingerprint density at radius 3 is 2.67 bits per heavy atom. The quantitative estimate of drug-likeness (QED) is 0.823. The van der Waals surface area contributed by atoms with E-state index in [-0.39, 0.29) is 23.5 Å². The maximum absolute atomic E-state index is 13.1. The van der Waals surface area contributed by atoms with E-state index in [0.717, 1.165) is 49.4 Å². The summed E-state index contributed by atoms with van der Waals surface area (Å²) in [6, 6.07) is 14.5. The maximum Gasteiger partial charge on any atom is 0.227 e. The first-order chi connectivity index (χ1) is 14.6. The van der Waals surface area contributed by atoms with Gasteiger partial charge in [-0.2, -0.15) is 0 Å². The number of halogens is 1. The van der Waals surface area contributed by atoms with Gasteiger partial charge in [-0.1, -0.05) is 30.3 Å². The van der Waals surface area contributed by atoms with E-state index in [1.54, 1.807) is 0 Å². The highest BCUT2D eigenvalue weighted by molar-refractivity contribution is 5.96. The van der Waals surface area contributed by atoms with Gasteiger partial charge >= 0.3 is 0 Å². The Morgan fingerprint density at radius 2 is 1.83 bits per heavy atom. The molecular formula is C24H28FN3O2. The number of amides is 2. The van der Waals surface area contributed by atoms with E-state index in [0.29, 0.717) is 25.8 Å². The van der Waals surface area contributed by atoms with Crippen LogP contribution in [-0.4, -0.2) is 47.8 Å². The largest absolute Gasteiger partial charge is 0.341 e. The van der Waals surface area contributed by atoms with Crippen molar-refractivity contribution in [2.75, 3.05) is 31.5 Å². The molecule has 1 saturated heterocycles. The minimum atomic E-state index is -0.221. The highest BCUT2D eigenvalue weighted by atomic mass is 19.1. The fraction of sp³-hybridized carbons (Fsp3) is 0.417. The summed E-state index contributed by atoms with van der Waals surface area (Å²) in [5.41, 5.74) is 3.11. The summed E-state index contributed by atoms with van der Waals surface area (Å²) in [4.78, 5) is 29.4. The number of fused-ring (bicyclic) bond motifs is 1. The Balaban J connectivity index is 1.26. The zero-order chi connectivity index (χ0) is 20.9. The molecule has 1 unspecified atom stereocenters. The number of benzene rings is 2. The van der Waals surface area contributed by atoms with Gasteiger partial charge in [0, 0.05) is 50.7 Å². The lowest BCUT2D eigenvalue weighted by molar-refractivity contribution is -0.131. The lowest BCUT2D eigenvalue weighted by Gasteiger charge is -2.26. The smallest absolute Gasteiger partial charge is 0.227 e. The molecule has 1 N–H and O–H groups in total. The molecule has 0 aromatic heterocycles. The van der Waals surface area contributed by atoms with Crippen LogP contribution in [0.1, 0.15) is 30.4 Å². The van der Waals surface area contributed by atoms with Gasteiger partial charge in [-0.25, -0.2) is 4.39 Å². The summed E-state index contributed by atoms with van der Waals surface area (Å²) in [7, 11) is 0. The van der Waals surface area contributed by atoms with Gasteiger partial charge in [0.15, 0.2) is 0 Å². The van der Waals surface area contributed by atoms with Gasteiger partial charge in [0.1, 0.15) is 5.82 Å². The zero-order valence-corrected chi connectivity index (χ0v) is 17.1. The van der Waals surface area contributed by atoms with Crippen molar-refractivity contribution in [3.05, 3.63) is 65.5 Å². The van der Waals surface area contributed by atoms with Gasteiger partial charge in [-0.15, -0.1) is 0 Å². The highest BCUT2D eigenvalue weighted by Crippen LogP contribution is 2.27. The SMILES string of the molecule is O=C1Nc2ccccc2CC1CCC(=O)N1CCCN(Cc2ccc(F)cc2)CC1. The molecule has 2 amide bonds. The van der Waals surface area contributed by atoms with Crippen molar-refractivity contribution in [2.45, 2.75) is 32.2 Å². The number of hydrogen-bond donors (Lipinski definition) is 1. The fourth-order valence-corrected chi connectivity index (χ4v) is 4.33. The van der Waals surface area contributed by atoms with Crippen molar-refractivity contribution < 1.29 is 14.0 Å². The number of para-hydroxylation sites is 1. The molecule has 0 aliphatic carbocycles. The van der Waals surface area contributed by atoms with E-state index in [9.17, 15) is 14.0 Å². The number of rotatable bonds is 5. The highest BCUT2D eigenvalue weighted by Gasteiger charge is 2.27. The van der Waals surface area contributed by atoms with Crippen LogP contribution < -0.4 is 5.32 Å². The molecule has 0 spiro atoms. The van der Waals surface area contributed by atoms with E-state index in [1.165, 1.54) is 12.1 Å². The van der Waals surface area contributed by atoms with Crippen LogP contribution in [0.15, 0.2) is 48.5 Å². The minimum Gasteiger partial charge on any atom is -0.341 e. The number of hydrogen-bond acceptors (Lipinski definition) is 3. The van der Waals surface area contributed by atoms with Crippen LogP contribution in [-0.2, 0) is 22.6 Å². The molecule has 5 nitrogen and oxygen atoms in total. The van der Waals surface area contributed by atoms with E-state index in [2.05, 4.69) is 10.2 Å². The second kappa shape index (κ2) is 9.39. The van der Waals surface area contributed by atoms with Crippen molar-refractivity contribution in [1.29, 1.82) is 0 Å². The first-order valence-electron chi connectivity index (χ1n) is 10.7. The summed E-state index contributed by atoms with van der Waals surface area (Å²) < 4.78 is 13.1. The zero-order valence-electron chi connectivity index (χ0n) is 17.1. The van der Waals surface area contributed by atoms with Crippen LogP contribution in [0.25, 0.3) is 0 Å². The summed E-state index contributed by atoms with van der Waals surface area (Å²) in [6.07, 6.45) is 2.60. The van der Waals surface area contributed by atoms with Crippen molar-refractivity contribution in [3.63, 3.8) is 0 Å². The molecule has 0 radical (unpaired) electrons. The molecule has 1 atom stereocenters. The van der Waals surface area contributed by atoms with Crippen LogP contribution in [0.4, 0.5) is 10.1 Å². The molecule has 2 aliphatic heterocycles. The van der Waals surface area contributed by atoms with E-state index in [4.69, 9.17) is 0 Å². The third-order valence-electron chi connectivity index (χ3n) is 6.08. The molecule has 0 saturated carbocycles. The Morgan fingerprint density at radius 1 is 1.03 bits per heavy atom. The molecule has 2 aromatic carbocycles. The second-order valence-electron chi connectivity index (χ2n) is 8.22. The van der Waals surface area contributed by atoms with E-state index >= 15 is 0 Å². The molecule has 2 heterocycles. The van der Waals surface area contributed by atoms with Crippen LogP contribution in [0.5, 0.6) is 0 Å². The van der Waals surface area contributed by atoms with Crippen molar-refractivity contribution in [3.8, 4) is 0 Å². The van der Waals surface area contributed by atoms with Crippen molar-refractivity contribution in [1.82, 2.24) is 9.80 Å². The summed E-state index contributed by atoms with van der Waals surface area (Å²) in [5, 5.41) is 2.96. The number of nitrogens with zero attached hydrogens (tertiary/aromatic N) is 2. The number of nitrogens with one attached hydrogen (secondary N) is 1. The normalized spacial score (nSPS) is 19.7. The average Bonchev–Trinajstić information content (AvgIpc) is 2.99. The molecule has 6 heteroatoms. The third-order valence-corrected chi connectivity index (χ3v) is 6.08. The van der Waals surface area contributed by atoms with Crippen molar-refractivity contribution >= 4 is 17.5 Å². The van der Waals surface area contributed by atoms with Gasteiger partial charge in [-0.05, 0) is 48.6 Å². The van der Waals surface area contributed by atoms with E-state index in [1.807, 2.05) is 41.3 Å². The van der Waals surface area contributed by atoms with Crippen LogP contribution in [0, 0.1) is 11.7 Å². The van der Waals surface area contributed by atoms with Gasteiger partial charge in [0.2, 0.25) is 11.8 Å². The monoisotopic (exact) mass is 409 g/mol. The van der Waals surface area contributed by atoms with Gasteiger partial charge in [0.05, 0.1) is 0 Å². The number of carbonyl (C=O) groups excluding carboxylic acids is 2. The number of carbonyl (C=O) groups is 2. The molecule has 2 aliphatic rings. The van der Waals surface area contributed by atoms with Crippen LogP contribution in [0.3, 0.4) is 0 Å². The van der Waals surface area contributed by atoms with Gasteiger partial charge in [0.25, 0.3) is 0 Å². The van der Waals surface area contributed by atoms with Crippen LogP contribution >= 0.6 is 0 Å². The van der Waals surface area contributed by atoms with Crippen LogP contribution in [0.2, 0.25) is 0 Å².